The van der Waals surface area contributed by atoms with Crippen molar-refractivity contribution in [2.45, 2.75) is 19.2 Å². The van der Waals surface area contributed by atoms with Crippen LogP contribution in [-0.4, -0.2) is 64.6 Å². The first-order valence-electron chi connectivity index (χ1n) is 6.81. The third kappa shape index (κ3) is 3.15. The zero-order valence-corrected chi connectivity index (χ0v) is 18.6. The summed E-state index contributed by atoms with van der Waals surface area (Å²) in [5, 5.41) is 1.10. The average molecular weight is 345 g/mol. The van der Waals surface area contributed by atoms with E-state index in [2.05, 4.69) is 67.2 Å². The van der Waals surface area contributed by atoms with Crippen LogP contribution in [0.3, 0.4) is 0 Å². The van der Waals surface area contributed by atoms with E-state index in [9.17, 15) is 0 Å². The molecule has 1 saturated heterocycles. The van der Waals surface area contributed by atoms with Crippen molar-refractivity contribution in [1.82, 2.24) is 0 Å². The highest BCUT2D eigenvalue weighted by Crippen LogP contribution is 3.10. The fourth-order valence-electron chi connectivity index (χ4n) is 3.90. The number of rotatable bonds is 1. The highest BCUT2D eigenvalue weighted by atomic mass is 32.5. The Morgan fingerprint density at radius 3 is 1.72 bits per heavy atom. The first kappa shape index (κ1) is 18.2. The predicted molar refractivity (Wildman–Crippen MR) is 105 cm³/mol. The van der Waals surface area contributed by atoms with Gasteiger partial charge in [0.1, 0.15) is 12.9 Å². The average Bonchev–Trinajstić information content (AvgIpc) is 2.15. The maximum atomic E-state index is 2.72. The van der Waals surface area contributed by atoms with Crippen LogP contribution in [0.15, 0.2) is 0 Å². The second-order valence-corrected chi connectivity index (χ2v) is 37.7. The lowest BCUT2D eigenvalue weighted by Gasteiger charge is -2.37. The molecule has 0 saturated carbocycles. The lowest BCUT2D eigenvalue weighted by molar-refractivity contribution is 0.707. The molecule has 1 rings (SSSR count). The van der Waals surface area contributed by atoms with Crippen molar-refractivity contribution in [1.29, 1.82) is 0 Å². The maximum absolute atomic E-state index is 2.72. The molecule has 3 unspecified atom stereocenters. The molecular formula is C13H34P5+3. The van der Waals surface area contributed by atoms with E-state index >= 15 is 0 Å². The molecule has 0 N–H and O–H groups in total. The molecule has 0 spiro atoms. The van der Waals surface area contributed by atoms with Gasteiger partial charge in [-0.3, -0.25) is 0 Å². The third-order valence-corrected chi connectivity index (χ3v) is 49.2. The van der Waals surface area contributed by atoms with Gasteiger partial charge in [-0.1, -0.05) is 13.8 Å². The standard InChI is InChI=1S/C13H34P5/c1-12(2)13-17(7,8)14(3)11-16(5,6)15(4)18(13,9)10/h12-13H,11H2,1-10H3/q+3. The molecule has 0 bridgehead atoms. The summed E-state index contributed by atoms with van der Waals surface area (Å²) in [6.45, 7) is 24.5. The van der Waals surface area contributed by atoms with Crippen molar-refractivity contribution >= 4 is 35.8 Å². The van der Waals surface area contributed by atoms with Crippen molar-refractivity contribution in [3.63, 3.8) is 0 Å². The number of hydrogen-bond acceptors (Lipinski definition) is 0. The van der Waals surface area contributed by atoms with E-state index in [0.717, 1.165) is 11.3 Å². The molecule has 1 fully saturated rings. The van der Waals surface area contributed by atoms with Crippen LogP contribution in [0.4, 0.5) is 0 Å². The molecule has 18 heavy (non-hydrogen) atoms. The summed E-state index contributed by atoms with van der Waals surface area (Å²) in [6.07, 6.45) is 0. The van der Waals surface area contributed by atoms with Crippen LogP contribution in [0.5, 0.6) is 0 Å². The highest BCUT2D eigenvalue weighted by Gasteiger charge is 2.68. The molecule has 108 valence electrons. The molecule has 0 nitrogen and oxygen atoms in total. The Kier molecular flexibility index (Phi) is 5.80. The van der Waals surface area contributed by atoms with Crippen LogP contribution in [0, 0.1) is 5.92 Å². The minimum atomic E-state index is -0.738. The van der Waals surface area contributed by atoms with Gasteiger partial charge in [0.05, 0.1) is 61.5 Å². The van der Waals surface area contributed by atoms with E-state index in [0.29, 0.717) is 14.9 Å². The van der Waals surface area contributed by atoms with Gasteiger partial charge in [0, 0.05) is 12.6 Å². The van der Waals surface area contributed by atoms with Gasteiger partial charge in [-0.2, -0.15) is 0 Å². The Balaban J connectivity index is 3.37. The van der Waals surface area contributed by atoms with Gasteiger partial charge in [0.25, 0.3) is 0 Å². The molecule has 0 aliphatic carbocycles. The van der Waals surface area contributed by atoms with E-state index in [1.807, 2.05) is 0 Å². The van der Waals surface area contributed by atoms with Crippen molar-refractivity contribution in [2.24, 2.45) is 5.92 Å². The van der Waals surface area contributed by atoms with Crippen molar-refractivity contribution < 1.29 is 0 Å². The lowest BCUT2D eigenvalue weighted by Crippen LogP contribution is -2.19. The Labute approximate surface area is 120 Å². The van der Waals surface area contributed by atoms with Crippen molar-refractivity contribution in [2.75, 3.05) is 59.2 Å². The third-order valence-electron chi connectivity index (χ3n) is 4.85. The molecule has 3 atom stereocenters. The van der Waals surface area contributed by atoms with Crippen LogP contribution in [0.1, 0.15) is 13.8 Å². The summed E-state index contributed by atoms with van der Waals surface area (Å²) in [6, 6.07) is 0. The van der Waals surface area contributed by atoms with Gasteiger partial charge < -0.3 is 0 Å². The van der Waals surface area contributed by atoms with Crippen LogP contribution in [0.25, 0.3) is 0 Å². The molecule has 0 aromatic heterocycles. The first-order valence-corrected chi connectivity index (χ1v) is 21.1. The Morgan fingerprint density at radius 1 is 0.889 bits per heavy atom. The second-order valence-electron chi connectivity index (χ2n) is 7.53. The van der Waals surface area contributed by atoms with Crippen LogP contribution in [-0.2, 0) is 0 Å². The summed E-state index contributed by atoms with van der Waals surface area (Å²) >= 11 is 0. The summed E-state index contributed by atoms with van der Waals surface area (Å²) in [4.78, 5) is 0. The summed E-state index contributed by atoms with van der Waals surface area (Å²) in [5.41, 5.74) is 0. The van der Waals surface area contributed by atoms with Gasteiger partial charge in [-0.05, 0) is 6.66 Å². The molecule has 0 amide bonds. The predicted octanol–water partition coefficient (Wildman–Crippen LogP) is 6.74. The molecule has 0 aromatic rings. The Bertz CT molecular complexity index is 309. The largest absolute Gasteiger partial charge is 0.209 e. The van der Waals surface area contributed by atoms with E-state index < -0.39 is 20.9 Å². The first-order chi connectivity index (χ1) is 7.85. The van der Waals surface area contributed by atoms with E-state index in [4.69, 9.17) is 0 Å². The van der Waals surface area contributed by atoms with E-state index in [1.165, 1.54) is 0 Å². The fraction of sp³-hybridized carbons (Fsp3) is 1.00. The maximum Gasteiger partial charge on any atom is 0.209 e. The Morgan fingerprint density at radius 2 is 1.33 bits per heavy atom. The fourth-order valence-corrected chi connectivity index (χ4v) is 60.9. The molecule has 1 aliphatic rings. The van der Waals surface area contributed by atoms with Gasteiger partial charge in [-0.25, -0.2) is 0 Å². The monoisotopic (exact) mass is 345 g/mol. The van der Waals surface area contributed by atoms with Gasteiger partial charge >= 0.3 is 0 Å². The quantitative estimate of drug-likeness (QED) is 0.462. The lowest BCUT2D eigenvalue weighted by atomic mass is 10.3. The normalized spacial score (nSPS) is 38.5. The molecular weight excluding hydrogens is 311 g/mol. The minimum Gasteiger partial charge on any atom is -0.0552 e. The number of hydrogen-bond donors (Lipinski definition) is 0. The smallest absolute Gasteiger partial charge is 0.0552 e. The van der Waals surface area contributed by atoms with Gasteiger partial charge in [-0.15, -0.1) is 0 Å². The summed E-state index contributed by atoms with van der Waals surface area (Å²) < 4.78 is 0. The summed E-state index contributed by atoms with van der Waals surface area (Å²) in [7, 11) is 0.603. The van der Waals surface area contributed by atoms with Gasteiger partial charge in [0.2, 0.25) is 7.30 Å². The van der Waals surface area contributed by atoms with E-state index in [1.54, 1.807) is 5.90 Å². The van der Waals surface area contributed by atoms with Crippen LogP contribution < -0.4 is 0 Å². The Hall–Kier alpha value is 2.15. The van der Waals surface area contributed by atoms with Crippen LogP contribution in [0.2, 0.25) is 0 Å². The molecule has 0 radical (unpaired) electrons. The van der Waals surface area contributed by atoms with E-state index in [-0.39, 0.29) is 0 Å². The second kappa shape index (κ2) is 5.74. The van der Waals surface area contributed by atoms with Crippen molar-refractivity contribution in [3.8, 4) is 0 Å². The molecule has 1 aliphatic heterocycles. The zero-order valence-electron chi connectivity index (χ0n) is 14.1. The highest BCUT2D eigenvalue weighted by molar-refractivity contribution is 8.73. The molecule has 1 heterocycles. The molecule has 0 aromatic carbocycles. The van der Waals surface area contributed by atoms with Crippen LogP contribution >= 0.6 is 35.8 Å². The van der Waals surface area contributed by atoms with Gasteiger partial charge in [0.15, 0.2) is 5.40 Å². The topological polar surface area (TPSA) is 0 Å². The van der Waals surface area contributed by atoms with Crippen molar-refractivity contribution in [3.05, 3.63) is 0 Å². The SMILES string of the molecule is CC(C)C1[P+](C)(C)P(C)C[P+](C)(C)P(C)[P+]1(C)C. The minimum absolute atomic E-state index is 0.298. The summed E-state index contributed by atoms with van der Waals surface area (Å²) in [5.74, 6) is 2.54. The zero-order chi connectivity index (χ0) is 14.5. The molecule has 5 heteroatoms.